The number of amidine groups is 1. The molecule has 0 heterocycles. The van der Waals surface area contributed by atoms with E-state index in [2.05, 4.69) is 0 Å². The molecule has 110 valence electrons. The van der Waals surface area contributed by atoms with E-state index in [0.717, 1.165) is 25.5 Å². The maximum Gasteiger partial charge on any atom is 0.417 e. The summed E-state index contributed by atoms with van der Waals surface area (Å²) in [5.74, 6) is 0.00680. The molecule has 2 rings (SSSR count). The highest BCUT2D eigenvalue weighted by Gasteiger charge is 2.34. The van der Waals surface area contributed by atoms with Crippen LogP contribution in [-0.2, 0) is 6.18 Å². The molecule has 20 heavy (non-hydrogen) atoms. The molecule has 1 saturated carbocycles. The van der Waals surface area contributed by atoms with E-state index in [1.807, 2.05) is 4.90 Å². The summed E-state index contributed by atoms with van der Waals surface area (Å²) in [6.45, 7) is 0.761. The highest BCUT2D eigenvalue weighted by atomic mass is 19.4. The van der Waals surface area contributed by atoms with Crippen LogP contribution in [0, 0.1) is 11.3 Å². The zero-order valence-corrected chi connectivity index (χ0v) is 11.3. The Morgan fingerprint density at radius 2 is 2.05 bits per heavy atom. The van der Waals surface area contributed by atoms with Gasteiger partial charge in [-0.2, -0.15) is 13.2 Å². The summed E-state index contributed by atoms with van der Waals surface area (Å²) in [7, 11) is 1.79. The van der Waals surface area contributed by atoms with E-state index in [0.29, 0.717) is 11.6 Å². The molecule has 1 fully saturated rings. The first kappa shape index (κ1) is 14.7. The molecule has 1 aliphatic rings. The second-order valence-electron chi connectivity index (χ2n) is 5.32. The average molecular weight is 285 g/mol. The number of alkyl halides is 3. The third-order valence-electron chi connectivity index (χ3n) is 3.80. The number of hydrogen-bond donors (Lipinski definition) is 2. The highest BCUT2D eigenvalue weighted by molar-refractivity contribution is 5.97. The zero-order chi connectivity index (χ0) is 14.9. The van der Waals surface area contributed by atoms with Gasteiger partial charge in [0.15, 0.2) is 0 Å². The summed E-state index contributed by atoms with van der Waals surface area (Å²) in [6.07, 6.45) is -1.02. The number of hydrogen-bond acceptors (Lipinski definition) is 2. The van der Waals surface area contributed by atoms with Gasteiger partial charge in [0.05, 0.1) is 5.56 Å². The first-order chi connectivity index (χ1) is 9.29. The molecule has 0 aliphatic heterocycles. The smallest absolute Gasteiger partial charge is 0.384 e. The van der Waals surface area contributed by atoms with E-state index in [1.165, 1.54) is 12.5 Å². The van der Waals surface area contributed by atoms with Crippen LogP contribution in [0.5, 0.6) is 0 Å². The van der Waals surface area contributed by atoms with E-state index >= 15 is 0 Å². The second kappa shape index (κ2) is 5.34. The highest BCUT2D eigenvalue weighted by Crippen LogP contribution is 2.35. The molecule has 3 N–H and O–H groups in total. The minimum Gasteiger partial charge on any atom is -0.384 e. The van der Waals surface area contributed by atoms with E-state index in [9.17, 15) is 13.2 Å². The molecule has 0 amide bonds. The zero-order valence-electron chi connectivity index (χ0n) is 11.3. The summed E-state index contributed by atoms with van der Waals surface area (Å²) in [5.41, 5.74) is 4.62. The molecular weight excluding hydrogens is 267 g/mol. The Balaban J connectivity index is 2.28. The topological polar surface area (TPSA) is 53.1 Å². The monoisotopic (exact) mass is 285 g/mol. The lowest BCUT2D eigenvalue weighted by Crippen LogP contribution is -2.29. The van der Waals surface area contributed by atoms with Crippen molar-refractivity contribution in [2.75, 3.05) is 18.5 Å². The third-order valence-corrected chi connectivity index (χ3v) is 3.80. The predicted octanol–water partition coefficient (Wildman–Crippen LogP) is 3.23. The quantitative estimate of drug-likeness (QED) is 0.659. The number of nitrogens with zero attached hydrogens (tertiary/aromatic N) is 1. The van der Waals surface area contributed by atoms with Crippen LogP contribution in [0.1, 0.15) is 30.4 Å². The minimum atomic E-state index is -4.51. The lowest BCUT2D eigenvalue weighted by atomic mass is 9.85. The fourth-order valence-electron chi connectivity index (χ4n) is 2.41. The van der Waals surface area contributed by atoms with Crippen molar-refractivity contribution in [3.05, 3.63) is 29.3 Å². The van der Waals surface area contributed by atoms with E-state index in [1.54, 1.807) is 13.1 Å². The minimum absolute atomic E-state index is 0.265. The van der Waals surface area contributed by atoms with Crippen LogP contribution in [0.2, 0.25) is 0 Å². The predicted molar refractivity (Wildman–Crippen MR) is 73.1 cm³/mol. The molecule has 1 aromatic rings. The van der Waals surface area contributed by atoms with Crippen LogP contribution in [-0.4, -0.2) is 19.4 Å². The Morgan fingerprint density at radius 1 is 1.40 bits per heavy atom. The van der Waals surface area contributed by atoms with Crippen molar-refractivity contribution in [2.24, 2.45) is 11.7 Å². The van der Waals surface area contributed by atoms with E-state index in [-0.39, 0.29) is 5.56 Å². The molecular formula is C14H18F3N3. The van der Waals surface area contributed by atoms with E-state index in [4.69, 9.17) is 11.1 Å². The van der Waals surface area contributed by atoms with Gasteiger partial charge in [0.25, 0.3) is 0 Å². The van der Waals surface area contributed by atoms with Gasteiger partial charge in [-0.15, -0.1) is 0 Å². The summed E-state index contributed by atoms with van der Waals surface area (Å²) >= 11 is 0. The Kier molecular flexibility index (Phi) is 3.92. The van der Waals surface area contributed by atoms with Crippen LogP contribution >= 0.6 is 0 Å². The first-order valence-electron chi connectivity index (χ1n) is 6.56. The second-order valence-corrected chi connectivity index (χ2v) is 5.32. The van der Waals surface area contributed by atoms with Crippen LogP contribution in [0.3, 0.4) is 0 Å². The van der Waals surface area contributed by atoms with Crippen molar-refractivity contribution < 1.29 is 13.2 Å². The van der Waals surface area contributed by atoms with E-state index < -0.39 is 17.6 Å². The SMILES string of the molecule is CN(CC1CCC1)c1ccc(C(=N)N)c(C(F)(F)F)c1. The molecule has 0 spiro atoms. The van der Waals surface area contributed by atoms with Crippen LogP contribution < -0.4 is 10.6 Å². The standard InChI is InChI=1S/C14H18F3N3/c1-20(8-9-3-2-4-9)10-5-6-11(13(18)19)12(7-10)14(15,16)17/h5-7,9H,2-4,8H2,1H3,(H3,18,19). The maximum atomic E-state index is 13.0. The number of rotatable bonds is 4. The number of anilines is 1. The van der Waals surface area contributed by atoms with Crippen molar-refractivity contribution in [3.63, 3.8) is 0 Å². The fourth-order valence-corrected chi connectivity index (χ4v) is 2.41. The van der Waals surface area contributed by atoms with Crippen molar-refractivity contribution in [3.8, 4) is 0 Å². The molecule has 0 aromatic heterocycles. The fraction of sp³-hybridized carbons (Fsp3) is 0.500. The summed E-state index contributed by atoms with van der Waals surface area (Å²) in [6, 6.07) is 3.94. The molecule has 0 unspecified atom stereocenters. The third kappa shape index (κ3) is 3.05. The normalized spacial score (nSPS) is 15.8. The van der Waals surface area contributed by atoms with Gasteiger partial charge in [-0.25, -0.2) is 0 Å². The Morgan fingerprint density at radius 3 is 2.50 bits per heavy atom. The van der Waals surface area contributed by atoms with Gasteiger partial charge < -0.3 is 10.6 Å². The van der Waals surface area contributed by atoms with Gasteiger partial charge in [-0.3, -0.25) is 5.41 Å². The number of benzene rings is 1. The average Bonchev–Trinajstić information content (AvgIpc) is 2.31. The van der Waals surface area contributed by atoms with Crippen LogP contribution in [0.25, 0.3) is 0 Å². The van der Waals surface area contributed by atoms with Crippen molar-refractivity contribution in [1.82, 2.24) is 0 Å². The molecule has 0 bridgehead atoms. The number of halogens is 3. The molecule has 1 aliphatic carbocycles. The van der Waals surface area contributed by atoms with Crippen molar-refractivity contribution in [2.45, 2.75) is 25.4 Å². The van der Waals surface area contributed by atoms with Gasteiger partial charge in [0.1, 0.15) is 5.84 Å². The van der Waals surface area contributed by atoms with Crippen LogP contribution in [0.4, 0.5) is 18.9 Å². The molecule has 1 aromatic carbocycles. The maximum absolute atomic E-state index is 13.0. The van der Waals surface area contributed by atoms with Gasteiger partial charge >= 0.3 is 6.18 Å². The Bertz CT molecular complexity index is 507. The Hall–Kier alpha value is -1.72. The molecule has 0 saturated heterocycles. The van der Waals surface area contributed by atoms with Crippen molar-refractivity contribution in [1.29, 1.82) is 5.41 Å². The lowest BCUT2D eigenvalue weighted by molar-refractivity contribution is -0.137. The van der Waals surface area contributed by atoms with Gasteiger partial charge in [0.2, 0.25) is 0 Å². The Labute approximate surface area is 116 Å². The molecule has 0 atom stereocenters. The summed E-state index contributed by atoms with van der Waals surface area (Å²) in [5, 5.41) is 7.25. The summed E-state index contributed by atoms with van der Waals surface area (Å²) in [4.78, 5) is 1.84. The molecule has 6 heteroatoms. The first-order valence-corrected chi connectivity index (χ1v) is 6.56. The van der Waals surface area contributed by atoms with Gasteiger partial charge in [-0.05, 0) is 37.0 Å². The van der Waals surface area contributed by atoms with Crippen LogP contribution in [0.15, 0.2) is 18.2 Å². The number of nitrogen functional groups attached to an aromatic ring is 1. The number of nitrogens with one attached hydrogen (secondary N) is 1. The lowest BCUT2D eigenvalue weighted by Gasteiger charge is -2.31. The largest absolute Gasteiger partial charge is 0.417 e. The van der Waals surface area contributed by atoms with Crippen molar-refractivity contribution >= 4 is 11.5 Å². The van der Waals surface area contributed by atoms with Gasteiger partial charge in [-0.1, -0.05) is 6.42 Å². The molecule has 0 radical (unpaired) electrons. The molecule has 3 nitrogen and oxygen atoms in total. The number of nitrogens with two attached hydrogens (primary N) is 1. The van der Waals surface area contributed by atoms with Gasteiger partial charge in [0, 0.05) is 24.8 Å². The summed E-state index contributed by atoms with van der Waals surface area (Å²) < 4.78 is 39.1.